The fourth-order valence-electron chi connectivity index (χ4n) is 3.23. The lowest BCUT2D eigenvalue weighted by molar-refractivity contribution is 0.287. The summed E-state index contributed by atoms with van der Waals surface area (Å²) in [6.45, 7) is 3.43. The number of ether oxygens (including phenoxy) is 1. The Morgan fingerprint density at radius 3 is 2.83 bits per heavy atom. The van der Waals surface area contributed by atoms with Crippen LogP contribution >= 0.6 is 0 Å². The summed E-state index contributed by atoms with van der Waals surface area (Å²) < 4.78 is 5.70. The minimum atomic E-state index is -0.0281. The van der Waals surface area contributed by atoms with E-state index in [0.717, 1.165) is 40.7 Å². The van der Waals surface area contributed by atoms with Gasteiger partial charge in [0, 0.05) is 17.4 Å². The highest BCUT2D eigenvalue weighted by Crippen LogP contribution is 2.39. The number of aromatic nitrogens is 1. The van der Waals surface area contributed by atoms with Crippen molar-refractivity contribution >= 4 is 10.8 Å². The average molecular weight is 306 g/mol. The second-order valence-corrected chi connectivity index (χ2v) is 5.74. The predicted octanol–water partition coefficient (Wildman–Crippen LogP) is 3.05. The van der Waals surface area contributed by atoms with Crippen LogP contribution in [0.25, 0.3) is 22.0 Å². The van der Waals surface area contributed by atoms with Crippen molar-refractivity contribution < 1.29 is 4.74 Å². The van der Waals surface area contributed by atoms with Crippen molar-refractivity contribution in [2.75, 3.05) is 13.3 Å². The molecule has 0 radical (unpaired) electrons. The summed E-state index contributed by atoms with van der Waals surface area (Å²) >= 11 is 0. The topological polar surface area (TPSA) is 54.1 Å². The van der Waals surface area contributed by atoms with Gasteiger partial charge in [-0.1, -0.05) is 25.1 Å². The van der Waals surface area contributed by atoms with Gasteiger partial charge in [-0.3, -0.25) is 10.1 Å². The van der Waals surface area contributed by atoms with E-state index in [1.54, 1.807) is 0 Å². The molecule has 2 aromatic carbocycles. The average Bonchev–Trinajstić information content (AvgIpc) is 2.93. The van der Waals surface area contributed by atoms with Crippen LogP contribution in [-0.4, -0.2) is 18.3 Å². The molecule has 0 aliphatic heterocycles. The van der Waals surface area contributed by atoms with E-state index >= 15 is 0 Å². The van der Waals surface area contributed by atoms with Gasteiger partial charge in [-0.25, -0.2) is 0 Å². The zero-order chi connectivity index (χ0) is 15.8. The third-order valence-corrected chi connectivity index (χ3v) is 4.34. The van der Waals surface area contributed by atoms with E-state index < -0.39 is 0 Å². The van der Waals surface area contributed by atoms with Crippen molar-refractivity contribution in [3.8, 4) is 17.0 Å². The molecule has 1 aromatic heterocycles. The summed E-state index contributed by atoms with van der Waals surface area (Å²) in [5.74, 6) is 0.851. The Labute approximate surface area is 134 Å². The van der Waals surface area contributed by atoms with Gasteiger partial charge in [0.05, 0.1) is 5.69 Å². The number of aromatic amines is 1. The molecule has 0 saturated carbocycles. The van der Waals surface area contributed by atoms with Crippen molar-refractivity contribution in [3.05, 3.63) is 63.9 Å². The number of pyridine rings is 1. The standard InChI is InChI=1S/C19H18N2O2/c1-2-20-11-23-13-7-8-14-12(9-13)10-17-15-5-3-4-6-16(15)19(22)21-18(14)17/h3-9,20H,2,10-11H2,1H3,(H,21,22). The van der Waals surface area contributed by atoms with E-state index in [-0.39, 0.29) is 5.56 Å². The molecule has 0 amide bonds. The summed E-state index contributed by atoms with van der Waals surface area (Å²) in [6.07, 6.45) is 0.820. The SMILES string of the molecule is CCNCOc1ccc2c(c1)Cc1c-2[nH]c(=O)c2ccccc12. The van der Waals surface area contributed by atoms with Crippen molar-refractivity contribution in [3.63, 3.8) is 0 Å². The van der Waals surface area contributed by atoms with Gasteiger partial charge in [0.2, 0.25) is 0 Å². The minimum absolute atomic E-state index is 0.0281. The second kappa shape index (κ2) is 5.56. The third kappa shape index (κ3) is 2.32. The maximum Gasteiger partial charge on any atom is 0.256 e. The molecule has 23 heavy (non-hydrogen) atoms. The van der Waals surface area contributed by atoms with Gasteiger partial charge in [0.1, 0.15) is 12.5 Å². The van der Waals surface area contributed by atoms with Crippen LogP contribution in [0.1, 0.15) is 18.1 Å². The quantitative estimate of drug-likeness (QED) is 0.450. The smallest absolute Gasteiger partial charge is 0.256 e. The molecule has 0 spiro atoms. The Kier molecular flexibility index (Phi) is 3.39. The van der Waals surface area contributed by atoms with E-state index in [4.69, 9.17) is 4.74 Å². The first-order valence-corrected chi connectivity index (χ1v) is 7.88. The lowest BCUT2D eigenvalue weighted by Crippen LogP contribution is -2.19. The van der Waals surface area contributed by atoms with E-state index in [9.17, 15) is 4.79 Å². The van der Waals surface area contributed by atoms with E-state index in [1.165, 1.54) is 11.1 Å². The summed E-state index contributed by atoms with van der Waals surface area (Å²) in [5.41, 5.74) is 4.40. The molecule has 0 bridgehead atoms. The second-order valence-electron chi connectivity index (χ2n) is 5.74. The lowest BCUT2D eigenvalue weighted by Gasteiger charge is -2.08. The van der Waals surface area contributed by atoms with Crippen LogP contribution in [0.4, 0.5) is 0 Å². The van der Waals surface area contributed by atoms with Crippen LogP contribution in [0.2, 0.25) is 0 Å². The first kappa shape index (κ1) is 14.0. The van der Waals surface area contributed by atoms with Crippen LogP contribution in [0.3, 0.4) is 0 Å². The molecular weight excluding hydrogens is 288 g/mol. The number of benzene rings is 2. The fraction of sp³-hybridized carbons (Fsp3) is 0.211. The van der Waals surface area contributed by atoms with Crippen molar-refractivity contribution in [1.29, 1.82) is 0 Å². The summed E-state index contributed by atoms with van der Waals surface area (Å²) in [5, 5.41) is 4.94. The summed E-state index contributed by atoms with van der Waals surface area (Å²) in [4.78, 5) is 15.4. The normalized spacial score (nSPS) is 12.2. The third-order valence-electron chi connectivity index (χ3n) is 4.34. The highest BCUT2D eigenvalue weighted by Gasteiger charge is 2.22. The Balaban J connectivity index is 1.78. The molecule has 0 atom stereocenters. The zero-order valence-electron chi connectivity index (χ0n) is 13.0. The number of fused-ring (bicyclic) bond motifs is 5. The number of H-pyrrole nitrogens is 1. The monoisotopic (exact) mass is 306 g/mol. The molecule has 4 nitrogen and oxygen atoms in total. The molecule has 0 saturated heterocycles. The fourth-order valence-corrected chi connectivity index (χ4v) is 3.23. The van der Waals surface area contributed by atoms with Gasteiger partial charge in [-0.05, 0) is 47.3 Å². The van der Waals surface area contributed by atoms with Crippen LogP contribution in [-0.2, 0) is 6.42 Å². The van der Waals surface area contributed by atoms with Crippen LogP contribution < -0.4 is 15.6 Å². The maximum atomic E-state index is 12.3. The van der Waals surface area contributed by atoms with Crippen molar-refractivity contribution in [2.24, 2.45) is 0 Å². The first-order valence-electron chi connectivity index (χ1n) is 7.88. The molecular formula is C19H18N2O2. The van der Waals surface area contributed by atoms with Gasteiger partial charge in [0.25, 0.3) is 5.56 Å². The maximum absolute atomic E-state index is 12.3. The number of hydrogen-bond donors (Lipinski definition) is 2. The summed E-state index contributed by atoms with van der Waals surface area (Å²) in [7, 11) is 0. The number of rotatable bonds is 4. The number of hydrogen-bond acceptors (Lipinski definition) is 3. The van der Waals surface area contributed by atoms with Gasteiger partial charge in [-0.15, -0.1) is 0 Å². The van der Waals surface area contributed by atoms with Crippen LogP contribution in [0.5, 0.6) is 5.75 Å². The van der Waals surface area contributed by atoms with Crippen LogP contribution in [0.15, 0.2) is 47.3 Å². The molecule has 3 aromatic rings. The lowest BCUT2D eigenvalue weighted by atomic mass is 10.0. The molecule has 0 unspecified atom stereocenters. The molecule has 1 aliphatic rings. The molecule has 0 fully saturated rings. The minimum Gasteiger partial charge on any atom is -0.478 e. The van der Waals surface area contributed by atoms with E-state index in [2.05, 4.69) is 16.4 Å². The highest BCUT2D eigenvalue weighted by atomic mass is 16.5. The molecule has 1 heterocycles. The van der Waals surface area contributed by atoms with Gasteiger partial charge >= 0.3 is 0 Å². The van der Waals surface area contributed by atoms with E-state index in [0.29, 0.717) is 6.73 Å². The Bertz CT molecular complexity index is 944. The Morgan fingerprint density at radius 1 is 1.17 bits per heavy atom. The molecule has 1 aliphatic carbocycles. The molecule has 2 N–H and O–H groups in total. The predicted molar refractivity (Wildman–Crippen MR) is 92.0 cm³/mol. The van der Waals surface area contributed by atoms with Crippen molar-refractivity contribution in [1.82, 2.24) is 10.3 Å². The molecule has 4 rings (SSSR count). The zero-order valence-corrected chi connectivity index (χ0v) is 13.0. The van der Waals surface area contributed by atoms with Gasteiger partial charge < -0.3 is 9.72 Å². The molecule has 4 heteroatoms. The molecule has 116 valence electrons. The largest absolute Gasteiger partial charge is 0.478 e. The summed E-state index contributed by atoms with van der Waals surface area (Å²) in [6, 6.07) is 13.8. The number of nitrogens with one attached hydrogen (secondary N) is 2. The van der Waals surface area contributed by atoms with Crippen molar-refractivity contribution in [2.45, 2.75) is 13.3 Å². The van der Waals surface area contributed by atoms with E-state index in [1.807, 2.05) is 43.3 Å². The van der Waals surface area contributed by atoms with Gasteiger partial charge in [0.15, 0.2) is 0 Å². The van der Waals surface area contributed by atoms with Crippen LogP contribution in [0, 0.1) is 0 Å². The Morgan fingerprint density at radius 2 is 2.00 bits per heavy atom. The van der Waals surface area contributed by atoms with Gasteiger partial charge in [-0.2, -0.15) is 0 Å². The first-order chi connectivity index (χ1) is 11.3. The Hall–Kier alpha value is -2.59. The highest BCUT2D eigenvalue weighted by molar-refractivity contribution is 5.92.